The van der Waals surface area contributed by atoms with Crippen LogP contribution in [-0.2, 0) is 6.42 Å². The smallest absolute Gasteiger partial charge is 0.0794 e. The highest BCUT2D eigenvalue weighted by Crippen LogP contribution is 2.13. The normalized spacial score (nSPS) is 13.4. The summed E-state index contributed by atoms with van der Waals surface area (Å²) in [4.78, 5) is 5.36. The Bertz CT molecular complexity index is 234. The van der Waals surface area contributed by atoms with Gasteiger partial charge in [0.15, 0.2) is 0 Å². The Morgan fingerprint density at radius 2 is 2.29 bits per heavy atom. The Morgan fingerprint density at radius 1 is 1.50 bits per heavy atom. The van der Waals surface area contributed by atoms with Crippen LogP contribution in [0.25, 0.3) is 0 Å². The van der Waals surface area contributed by atoms with Gasteiger partial charge in [0, 0.05) is 23.5 Å². The lowest BCUT2D eigenvalue weighted by atomic mass is 10.0. The van der Waals surface area contributed by atoms with E-state index in [-0.39, 0.29) is 0 Å². The van der Waals surface area contributed by atoms with Crippen molar-refractivity contribution in [3.05, 3.63) is 16.6 Å². The second-order valence-electron chi connectivity index (χ2n) is 4.01. The molecule has 0 spiro atoms. The van der Waals surface area contributed by atoms with Crippen LogP contribution >= 0.6 is 11.3 Å². The Balaban J connectivity index is 2.32. The summed E-state index contributed by atoms with van der Waals surface area (Å²) >= 11 is 1.69. The van der Waals surface area contributed by atoms with Crippen molar-refractivity contribution in [2.45, 2.75) is 39.2 Å². The van der Waals surface area contributed by atoms with Gasteiger partial charge in [-0.2, -0.15) is 0 Å². The van der Waals surface area contributed by atoms with Crippen molar-refractivity contribution >= 4 is 11.3 Å². The van der Waals surface area contributed by atoms with Crippen LogP contribution in [0.4, 0.5) is 0 Å². The van der Waals surface area contributed by atoms with E-state index in [2.05, 4.69) is 24.3 Å². The third kappa shape index (κ3) is 4.17. The summed E-state index contributed by atoms with van der Waals surface area (Å²) in [5.74, 6) is 6.25. The summed E-state index contributed by atoms with van der Waals surface area (Å²) in [5, 5.41) is 0. The standard InChI is InChI=1S/C10H19N3S/c1-8(2)3-4-9(13-11)5-10-6-12-7-14-10/h6-9,13H,3-5,11H2,1-2H3. The van der Waals surface area contributed by atoms with Crippen molar-refractivity contribution in [3.63, 3.8) is 0 Å². The van der Waals surface area contributed by atoms with Crippen LogP contribution in [0.15, 0.2) is 11.7 Å². The second-order valence-corrected chi connectivity index (χ2v) is 4.98. The number of nitrogens with one attached hydrogen (secondary N) is 1. The molecule has 0 saturated carbocycles. The maximum absolute atomic E-state index is 5.51. The second kappa shape index (κ2) is 6.11. The van der Waals surface area contributed by atoms with Crippen LogP contribution in [0.3, 0.4) is 0 Å². The van der Waals surface area contributed by atoms with Gasteiger partial charge in [-0.05, 0) is 18.8 Å². The number of nitrogens with zero attached hydrogens (tertiary/aromatic N) is 1. The molecule has 0 aliphatic carbocycles. The molecule has 1 atom stereocenters. The molecule has 1 unspecified atom stereocenters. The van der Waals surface area contributed by atoms with Gasteiger partial charge in [-0.3, -0.25) is 16.3 Å². The summed E-state index contributed by atoms with van der Waals surface area (Å²) in [5.41, 5.74) is 4.74. The minimum absolute atomic E-state index is 0.387. The van der Waals surface area contributed by atoms with Crippen LogP contribution in [0.1, 0.15) is 31.6 Å². The van der Waals surface area contributed by atoms with Gasteiger partial charge in [0.2, 0.25) is 0 Å². The molecule has 3 N–H and O–H groups in total. The van der Waals surface area contributed by atoms with Crippen molar-refractivity contribution < 1.29 is 0 Å². The molecule has 0 radical (unpaired) electrons. The summed E-state index contributed by atoms with van der Waals surface area (Å²) in [6, 6.07) is 0.387. The largest absolute Gasteiger partial charge is 0.271 e. The van der Waals surface area contributed by atoms with Crippen LogP contribution < -0.4 is 11.3 Å². The fourth-order valence-electron chi connectivity index (χ4n) is 1.36. The van der Waals surface area contributed by atoms with Gasteiger partial charge in [0.05, 0.1) is 5.51 Å². The fraction of sp³-hybridized carbons (Fsp3) is 0.700. The van der Waals surface area contributed by atoms with Gasteiger partial charge in [-0.25, -0.2) is 0 Å². The number of nitrogens with two attached hydrogens (primary N) is 1. The number of hydrazine groups is 1. The predicted molar refractivity (Wildman–Crippen MR) is 61.0 cm³/mol. The molecule has 0 saturated heterocycles. The van der Waals surface area contributed by atoms with Gasteiger partial charge in [-0.15, -0.1) is 11.3 Å². The zero-order valence-corrected chi connectivity index (χ0v) is 9.68. The summed E-state index contributed by atoms with van der Waals surface area (Å²) < 4.78 is 0. The van der Waals surface area contributed by atoms with Crippen LogP contribution in [-0.4, -0.2) is 11.0 Å². The number of thiazole rings is 1. The molecule has 0 aliphatic heterocycles. The first-order valence-corrected chi connectivity index (χ1v) is 5.93. The Hall–Kier alpha value is -0.450. The average molecular weight is 213 g/mol. The maximum Gasteiger partial charge on any atom is 0.0794 e. The van der Waals surface area contributed by atoms with Crippen LogP contribution in [0, 0.1) is 5.92 Å². The minimum atomic E-state index is 0.387. The predicted octanol–water partition coefficient (Wildman–Crippen LogP) is 1.95. The van der Waals surface area contributed by atoms with Crippen molar-refractivity contribution in [3.8, 4) is 0 Å². The molecular weight excluding hydrogens is 194 g/mol. The number of aromatic nitrogens is 1. The number of hydrogen-bond donors (Lipinski definition) is 2. The minimum Gasteiger partial charge on any atom is -0.271 e. The summed E-state index contributed by atoms with van der Waals surface area (Å²) in [7, 11) is 0. The van der Waals surface area contributed by atoms with E-state index in [0.717, 1.165) is 18.8 Å². The lowest BCUT2D eigenvalue weighted by molar-refractivity contribution is 0.436. The first-order valence-electron chi connectivity index (χ1n) is 5.06. The van der Waals surface area contributed by atoms with E-state index < -0.39 is 0 Å². The van der Waals surface area contributed by atoms with E-state index in [1.807, 2.05) is 11.7 Å². The molecule has 0 aliphatic rings. The lowest BCUT2D eigenvalue weighted by Gasteiger charge is -2.15. The van der Waals surface area contributed by atoms with Crippen LogP contribution in [0.5, 0.6) is 0 Å². The molecule has 1 aromatic heterocycles. The van der Waals surface area contributed by atoms with E-state index in [0.29, 0.717) is 6.04 Å². The summed E-state index contributed by atoms with van der Waals surface area (Å²) in [6.07, 6.45) is 5.26. The molecule has 4 heteroatoms. The van der Waals surface area contributed by atoms with Gasteiger partial charge < -0.3 is 0 Å². The fourth-order valence-corrected chi connectivity index (χ4v) is 2.04. The molecule has 1 rings (SSSR count). The van der Waals surface area contributed by atoms with E-state index in [1.165, 1.54) is 11.3 Å². The van der Waals surface area contributed by atoms with E-state index >= 15 is 0 Å². The monoisotopic (exact) mass is 213 g/mol. The van der Waals surface area contributed by atoms with Crippen molar-refractivity contribution in [2.24, 2.45) is 11.8 Å². The molecule has 0 bridgehead atoms. The highest BCUT2D eigenvalue weighted by molar-refractivity contribution is 7.09. The molecule has 0 fully saturated rings. The third-order valence-corrected chi connectivity index (χ3v) is 3.06. The van der Waals surface area contributed by atoms with E-state index in [9.17, 15) is 0 Å². The molecule has 1 aromatic rings. The van der Waals surface area contributed by atoms with Gasteiger partial charge >= 0.3 is 0 Å². The third-order valence-electron chi connectivity index (χ3n) is 2.26. The molecule has 0 aromatic carbocycles. The quantitative estimate of drug-likeness (QED) is 0.561. The lowest BCUT2D eigenvalue weighted by Crippen LogP contribution is -2.36. The highest BCUT2D eigenvalue weighted by atomic mass is 32.1. The zero-order chi connectivity index (χ0) is 10.4. The van der Waals surface area contributed by atoms with Crippen LogP contribution in [0.2, 0.25) is 0 Å². The number of hydrogen-bond acceptors (Lipinski definition) is 4. The molecule has 80 valence electrons. The van der Waals surface area contributed by atoms with Gasteiger partial charge in [0.1, 0.15) is 0 Å². The van der Waals surface area contributed by atoms with Gasteiger partial charge in [-0.1, -0.05) is 13.8 Å². The molecule has 0 amide bonds. The maximum atomic E-state index is 5.51. The number of rotatable bonds is 6. The Kier molecular flexibility index (Phi) is 5.07. The van der Waals surface area contributed by atoms with Crippen molar-refractivity contribution in [1.29, 1.82) is 0 Å². The SMILES string of the molecule is CC(C)CCC(Cc1cncs1)NN. The first kappa shape index (κ1) is 11.6. The zero-order valence-electron chi connectivity index (χ0n) is 8.86. The summed E-state index contributed by atoms with van der Waals surface area (Å²) in [6.45, 7) is 4.47. The van der Waals surface area contributed by atoms with E-state index in [4.69, 9.17) is 5.84 Å². The van der Waals surface area contributed by atoms with Crippen molar-refractivity contribution in [1.82, 2.24) is 10.4 Å². The molecule has 3 nitrogen and oxygen atoms in total. The average Bonchev–Trinajstić information content (AvgIpc) is 2.64. The molecule has 1 heterocycles. The topological polar surface area (TPSA) is 50.9 Å². The molecular formula is C10H19N3S. The van der Waals surface area contributed by atoms with Crippen molar-refractivity contribution in [2.75, 3.05) is 0 Å². The molecule has 14 heavy (non-hydrogen) atoms. The Morgan fingerprint density at radius 3 is 2.79 bits per heavy atom. The highest BCUT2D eigenvalue weighted by Gasteiger charge is 2.09. The van der Waals surface area contributed by atoms with Gasteiger partial charge in [0.25, 0.3) is 0 Å². The van der Waals surface area contributed by atoms with E-state index in [1.54, 1.807) is 11.3 Å². The Labute approximate surface area is 89.7 Å². The first-order chi connectivity index (χ1) is 6.72.